The molecule has 0 aromatic heterocycles. The van der Waals surface area contributed by atoms with Gasteiger partial charge in [0, 0.05) is 31.1 Å². The highest BCUT2D eigenvalue weighted by atomic mass is 16.5. The van der Waals surface area contributed by atoms with E-state index in [1.165, 1.54) is 32.6 Å². The first-order valence-corrected chi connectivity index (χ1v) is 6.88. The Bertz CT molecular complexity index is 237. The number of hydrogen-bond acceptors (Lipinski definition) is 4. The molecule has 2 rings (SSSR count). The summed E-state index contributed by atoms with van der Waals surface area (Å²) in [6.07, 6.45) is 1.29. The van der Waals surface area contributed by atoms with Crippen molar-refractivity contribution in [3.63, 3.8) is 0 Å². The van der Waals surface area contributed by atoms with Crippen LogP contribution < -0.4 is 5.32 Å². The molecule has 0 aromatic rings. The Morgan fingerprint density at radius 2 is 2.12 bits per heavy atom. The number of ether oxygens (including phenoxy) is 1. The van der Waals surface area contributed by atoms with Crippen LogP contribution in [0.25, 0.3) is 0 Å². The normalized spacial score (nSPS) is 37.2. The van der Waals surface area contributed by atoms with Gasteiger partial charge in [-0.05, 0) is 40.5 Å². The maximum atomic E-state index is 5.59. The summed E-state index contributed by atoms with van der Waals surface area (Å²) in [6, 6.07) is 1.21. The second kappa shape index (κ2) is 6.14. The first-order valence-electron chi connectivity index (χ1n) is 6.88. The molecule has 100 valence electrons. The van der Waals surface area contributed by atoms with Crippen LogP contribution in [0.5, 0.6) is 0 Å². The fraction of sp³-hybridized carbons (Fsp3) is 1.00. The first-order chi connectivity index (χ1) is 8.20. The van der Waals surface area contributed by atoms with Crippen molar-refractivity contribution in [2.45, 2.75) is 25.4 Å². The minimum absolute atomic E-state index is 0.545. The predicted octanol–water partition coefficient (Wildman–Crippen LogP) is 0.247. The van der Waals surface area contributed by atoms with E-state index in [4.69, 9.17) is 4.74 Å². The highest BCUT2D eigenvalue weighted by Gasteiger charge is 2.30. The van der Waals surface area contributed by atoms with Crippen LogP contribution in [0.1, 0.15) is 13.3 Å². The standard InChI is InChI=1S/C13H27N3O/c1-11-7-15(3)5-4-6-16(11)8-12-9-17-10-13(12)14-2/h11-14H,4-10H2,1-3H3. The van der Waals surface area contributed by atoms with E-state index in [1.807, 2.05) is 7.05 Å². The highest BCUT2D eigenvalue weighted by molar-refractivity contribution is 4.85. The van der Waals surface area contributed by atoms with Gasteiger partial charge in [-0.15, -0.1) is 0 Å². The quantitative estimate of drug-likeness (QED) is 0.766. The molecule has 0 aromatic carbocycles. The van der Waals surface area contributed by atoms with Gasteiger partial charge < -0.3 is 15.0 Å². The third-order valence-electron chi connectivity index (χ3n) is 4.22. The van der Waals surface area contributed by atoms with Crippen molar-refractivity contribution < 1.29 is 4.74 Å². The van der Waals surface area contributed by atoms with Crippen molar-refractivity contribution in [1.82, 2.24) is 15.1 Å². The second-order valence-corrected chi connectivity index (χ2v) is 5.65. The van der Waals surface area contributed by atoms with Crippen LogP contribution in [0.3, 0.4) is 0 Å². The molecule has 4 nitrogen and oxygen atoms in total. The minimum Gasteiger partial charge on any atom is -0.379 e. The zero-order chi connectivity index (χ0) is 12.3. The molecule has 17 heavy (non-hydrogen) atoms. The van der Waals surface area contributed by atoms with Crippen molar-refractivity contribution >= 4 is 0 Å². The van der Waals surface area contributed by atoms with Gasteiger partial charge in [0.05, 0.1) is 13.2 Å². The number of likely N-dealkylation sites (N-methyl/N-ethyl adjacent to an activating group) is 2. The Labute approximate surface area is 105 Å². The lowest BCUT2D eigenvalue weighted by molar-refractivity contribution is 0.146. The van der Waals surface area contributed by atoms with Crippen LogP contribution in [0.2, 0.25) is 0 Å². The monoisotopic (exact) mass is 241 g/mol. The number of rotatable bonds is 3. The van der Waals surface area contributed by atoms with Crippen molar-refractivity contribution in [2.24, 2.45) is 5.92 Å². The Hall–Kier alpha value is -0.160. The number of nitrogens with zero attached hydrogens (tertiary/aromatic N) is 2. The molecule has 1 N–H and O–H groups in total. The van der Waals surface area contributed by atoms with Gasteiger partial charge in [0.25, 0.3) is 0 Å². The first kappa shape index (κ1) is 13.3. The van der Waals surface area contributed by atoms with Crippen LogP contribution in [0.15, 0.2) is 0 Å². The molecule has 2 aliphatic heterocycles. The van der Waals surface area contributed by atoms with E-state index in [1.54, 1.807) is 0 Å². The molecular formula is C13H27N3O. The average Bonchev–Trinajstić information content (AvgIpc) is 2.68. The third-order valence-corrected chi connectivity index (χ3v) is 4.22. The lowest BCUT2D eigenvalue weighted by Crippen LogP contribution is -2.45. The maximum Gasteiger partial charge on any atom is 0.0623 e. The molecule has 2 aliphatic rings. The zero-order valence-corrected chi connectivity index (χ0v) is 11.5. The lowest BCUT2D eigenvalue weighted by Gasteiger charge is -2.31. The van der Waals surface area contributed by atoms with Crippen molar-refractivity contribution in [2.75, 3.05) is 53.5 Å². The Morgan fingerprint density at radius 3 is 2.88 bits per heavy atom. The highest BCUT2D eigenvalue weighted by Crippen LogP contribution is 2.18. The van der Waals surface area contributed by atoms with E-state index in [9.17, 15) is 0 Å². The molecule has 3 unspecified atom stereocenters. The van der Waals surface area contributed by atoms with Crippen LogP contribution in [-0.2, 0) is 4.74 Å². The smallest absolute Gasteiger partial charge is 0.0623 e. The summed E-state index contributed by atoms with van der Waals surface area (Å²) in [5.74, 6) is 0.658. The number of nitrogens with one attached hydrogen (secondary N) is 1. The van der Waals surface area contributed by atoms with Gasteiger partial charge in [0.1, 0.15) is 0 Å². The molecule has 0 radical (unpaired) electrons. The van der Waals surface area contributed by atoms with E-state index >= 15 is 0 Å². The van der Waals surface area contributed by atoms with Gasteiger partial charge >= 0.3 is 0 Å². The minimum atomic E-state index is 0.545. The molecule has 2 saturated heterocycles. The topological polar surface area (TPSA) is 27.7 Å². The van der Waals surface area contributed by atoms with Crippen LogP contribution in [-0.4, -0.2) is 75.4 Å². The van der Waals surface area contributed by atoms with Crippen molar-refractivity contribution in [3.05, 3.63) is 0 Å². The predicted molar refractivity (Wildman–Crippen MR) is 70.3 cm³/mol. The summed E-state index contributed by atoms with van der Waals surface area (Å²) in [5, 5.41) is 3.38. The largest absolute Gasteiger partial charge is 0.379 e. The number of hydrogen-bond donors (Lipinski definition) is 1. The van der Waals surface area contributed by atoms with Gasteiger partial charge in [-0.25, -0.2) is 0 Å². The summed E-state index contributed by atoms with van der Waals surface area (Å²) in [4.78, 5) is 5.10. The SMILES string of the molecule is CNC1COCC1CN1CCCN(C)CC1C. The van der Waals surface area contributed by atoms with Crippen LogP contribution in [0, 0.1) is 5.92 Å². The molecule has 0 saturated carbocycles. The van der Waals surface area contributed by atoms with E-state index in [-0.39, 0.29) is 0 Å². The third kappa shape index (κ3) is 3.41. The van der Waals surface area contributed by atoms with Crippen LogP contribution >= 0.6 is 0 Å². The van der Waals surface area contributed by atoms with Gasteiger partial charge in [-0.1, -0.05) is 0 Å². The molecule has 0 aliphatic carbocycles. The van der Waals surface area contributed by atoms with E-state index in [0.717, 1.165) is 13.2 Å². The van der Waals surface area contributed by atoms with Gasteiger partial charge in [-0.3, -0.25) is 4.90 Å². The maximum absolute atomic E-state index is 5.59. The van der Waals surface area contributed by atoms with E-state index < -0.39 is 0 Å². The van der Waals surface area contributed by atoms with Gasteiger partial charge in [0.2, 0.25) is 0 Å². The molecule has 4 heteroatoms. The second-order valence-electron chi connectivity index (χ2n) is 5.65. The Kier molecular flexibility index (Phi) is 4.79. The molecule has 3 atom stereocenters. The lowest BCUT2D eigenvalue weighted by atomic mass is 10.0. The molecular weight excluding hydrogens is 214 g/mol. The van der Waals surface area contributed by atoms with E-state index in [0.29, 0.717) is 18.0 Å². The van der Waals surface area contributed by atoms with Crippen molar-refractivity contribution in [1.29, 1.82) is 0 Å². The molecule has 0 amide bonds. The fourth-order valence-corrected chi connectivity index (χ4v) is 3.09. The van der Waals surface area contributed by atoms with E-state index in [2.05, 4.69) is 29.1 Å². The zero-order valence-electron chi connectivity index (χ0n) is 11.5. The summed E-state index contributed by atoms with van der Waals surface area (Å²) >= 11 is 0. The summed E-state index contributed by atoms with van der Waals surface area (Å²) in [5.41, 5.74) is 0. The van der Waals surface area contributed by atoms with Crippen molar-refractivity contribution in [3.8, 4) is 0 Å². The van der Waals surface area contributed by atoms with Crippen LogP contribution in [0.4, 0.5) is 0 Å². The fourth-order valence-electron chi connectivity index (χ4n) is 3.09. The van der Waals surface area contributed by atoms with Gasteiger partial charge in [0.15, 0.2) is 0 Å². The summed E-state index contributed by atoms with van der Waals surface area (Å²) in [7, 11) is 4.28. The van der Waals surface area contributed by atoms with Gasteiger partial charge in [-0.2, -0.15) is 0 Å². The molecule has 2 fully saturated rings. The Morgan fingerprint density at radius 1 is 1.29 bits per heavy atom. The Balaban J connectivity index is 1.88. The average molecular weight is 241 g/mol. The molecule has 2 heterocycles. The summed E-state index contributed by atoms with van der Waals surface area (Å²) in [6.45, 7) is 8.99. The molecule has 0 bridgehead atoms. The molecule has 0 spiro atoms. The summed E-state index contributed by atoms with van der Waals surface area (Å²) < 4.78 is 5.59.